The summed E-state index contributed by atoms with van der Waals surface area (Å²) in [6, 6.07) is 0. The zero-order valence-electron chi connectivity index (χ0n) is 9.30. The van der Waals surface area contributed by atoms with Gasteiger partial charge in [-0.25, -0.2) is 0 Å². The maximum atomic E-state index is 10.2. The molecule has 15 heavy (non-hydrogen) atoms. The lowest BCUT2D eigenvalue weighted by Crippen LogP contribution is -2.18. The molecule has 2 N–H and O–H groups in total. The Morgan fingerprint density at radius 2 is 2.27 bits per heavy atom. The van der Waals surface area contributed by atoms with Crippen molar-refractivity contribution in [3.05, 3.63) is 11.6 Å². The highest BCUT2D eigenvalue weighted by Crippen LogP contribution is 2.19. The molecule has 3 heteroatoms. The third-order valence-electron chi connectivity index (χ3n) is 2.75. The first-order valence-corrected chi connectivity index (χ1v) is 5.89. The average molecular weight is 211 g/mol. The van der Waals surface area contributed by atoms with Gasteiger partial charge >= 0.3 is 5.97 Å². The second-order valence-corrected chi connectivity index (χ2v) is 4.11. The average Bonchev–Trinajstić information content (AvgIpc) is 2.24. The SMILES string of the molecule is O=C(O)CCCNCCC1=CCCCC1. The summed E-state index contributed by atoms with van der Waals surface area (Å²) in [4.78, 5) is 10.2. The van der Waals surface area contributed by atoms with Gasteiger partial charge in [0, 0.05) is 6.42 Å². The van der Waals surface area contributed by atoms with Crippen molar-refractivity contribution < 1.29 is 9.90 Å². The predicted octanol–water partition coefficient (Wildman–Crippen LogP) is 2.33. The Morgan fingerprint density at radius 1 is 1.40 bits per heavy atom. The van der Waals surface area contributed by atoms with E-state index in [-0.39, 0.29) is 6.42 Å². The van der Waals surface area contributed by atoms with E-state index in [1.54, 1.807) is 5.57 Å². The molecule has 0 aromatic rings. The van der Waals surface area contributed by atoms with E-state index in [0.717, 1.165) is 25.9 Å². The van der Waals surface area contributed by atoms with Crippen LogP contribution in [0.3, 0.4) is 0 Å². The normalized spacial score (nSPS) is 16.1. The number of allylic oxidation sites excluding steroid dienone is 1. The van der Waals surface area contributed by atoms with Crippen LogP contribution in [0.25, 0.3) is 0 Å². The van der Waals surface area contributed by atoms with Crippen molar-refractivity contribution >= 4 is 5.97 Å². The number of nitrogens with one attached hydrogen (secondary N) is 1. The summed E-state index contributed by atoms with van der Waals surface area (Å²) in [6.45, 7) is 1.81. The summed E-state index contributed by atoms with van der Waals surface area (Å²) in [6.07, 6.45) is 9.69. The fourth-order valence-corrected chi connectivity index (χ4v) is 1.87. The third-order valence-corrected chi connectivity index (χ3v) is 2.75. The van der Waals surface area contributed by atoms with Crippen LogP contribution in [-0.4, -0.2) is 24.2 Å². The lowest BCUT2D eigenvalue weighted by molar-refractivity contribution is -0.137. The van der Waals surface area contributed by atoms with E-state index in [4.69, 9.17) is 5.11 Å². The van der Waals surface area contributed by atoms with Gasteiger partial charge in [0.25, 0.3) is 0 Å². The lowest BCUT2D eigenvalue weighted by Gasteiger charge is -2.12. The van der Waals surface area contributed by atoms with Crippen molar-refractivity contribution in [2.45, 2.75) is 44.9 Å². The molecule has 0 aromatic carbocycles. The van der Waals surface area contributed by atoms with Crippen molar-refractivity contribution in [1.29, 1.82) is 0 Å². The zero-order chi connectivity index (χ0) is 10.9. The Balaban J connectivity index is 1.92. The fourth-order valence-electron chi connectivity index (χ4n) is 1.87. The van der Waals surface area contributed by atoms with Gasteiger partial charge in [0.05, 0.1) is 0 Å². The van der Waals surface area contributed by atoms with Crippen molar-refractivity contribution in [2.24, 2.45) is 0 Å². The monoisotopic (exact) mass is 211 g/mol. The van der Waals surface area contributed by atoms with E-state index in [0.29, 0.717) is 0 Å². The Kier molecular flexibility index (Phi) is 6.09. The quantitative estimate of drug-likeness (QED) is 0.502. The number of carboxylic acids is 1. The van der Waals surface area contributed by atoms with E-state index in [9.17, 15) is 4.79 Å². The van der Waals surface area contributed by atoms with E-state index in [2.05, 4.69) is 11.4 Å². The molecule has 0 saturated carbocycles. The van der Waals surface area contributed by atoms with Gasteiger partial charge in [-0.1, -0.05) is 11.6 Å². The molecule has 0 aromatic heterocycles. The van der Waals surface area contributed by atoms with Crippen molar-refractivity contribution in [3.63, 3.8) is 0 Å². The maximum absolute atomic E-state index is 10.2. The van der Waals surface area contributed by atoms with Crippen LogP contribution < -0.4 is 5.32 Å². The van der Waals surface area contributed by atoms with Gasteiger partial charge in [-0.2, -0.15) is 0 Å². The van der Waals surface area contributed by atoms with Gasteiger partial charge in [-0.15, -0.1) is 0 Å². The molecule has 0 fully saturated rings. The minimum Gasteiger partial charge on any atom is -0.481 e. The summed E-state index contributed by atoms with van der Waals surface area (Å²) in [7, 11) is 0. The van der Waals surface area contributed by atoms with Crippen molar-refractivity contribution in [2.75, 3.05) is 13.1 Å². The zero-order valence-corrected chi connectivity index (χ0v) is 9.30. The standard InChI is InChI=1S/C12H21NO2/c14-12(15)7-4-9-13-10-8-11-5-2-1-3-6-11/h5,13H,1-4,6-10H2,(H,14,15). The van der Waals surface area contributed by atoms with E-state index in [1.807, 2.05) is 0 Å². The third kappa shape index (κ3) is 6.28. The first-order valence-electron chi connectivity index (χ1n) is 5.89. The number of carboxylic acid groups (broad SMARTS) is 1. The van der Waals surface area contributed by atoms with E-state index in [1.165, 1.54) is 25.7 Å². The van der Waals surface area contributed by atoms with Crippen molar-refractivity contribution in [3.8, 4) is 0 Å². The Labute approximate surface area is 91.6 Å². The first-order chi connectivity index (χ1) is 7.29. The summed E-state index contributed by atoms with van der Waals surface area (Å²) >= 11 is 0. The number of aliphatic carboxylic acids is 1. The van der Waals surface area contributed by atoms with Crippen LogP contribution in [0.1, 0.15) is 44.9 Å². The molecular weight excluding hydrogens is 190 g/mol. The summed E-state index contributed by atoms with van der Waals surface area (Å²) in [5, 5.41) is 11.7. The van der Waals surface area contributed by atoms with E-state index < -0.39 is 5.97 Å². The van der Waals surface area contributed by atoms with Gasteiger partial charge in [0.2, 0.25) is 0 Å². The van der Waals surface area contributed by atoms with Crippen LogP contribution in [0.4, 0.5) is 0 Å². The number of hydrogen-bond donors (Lipinski definition) is 2. The molecule has 0 bridgehead atoms. The number of hydrogen-bond acceptors (Lipinski definition) is 2. The molecule has 1 aliphatic rings. The second kappa shape index (κ2) is 7.46. The highest BCUT2D eigenvalue weighted by molar-refractivity contribution is 5.66. The van der Waals surface area contributed by atoms with Crippen LogP contribution in [0.2, 0.25) is 0 Å². The minimum absolute atomic E-state index is 0.274. The van der Waals surface area contributed by atoms with E-state index >= 15 is 0 Å². The molecule has 86 valence electrons. The molecule has 0 radical (unpaired) electrons. The number of carbonyl (C=O) groups is 1. The highest BCUT2D eigenvalue weighted by atomic mass is 16.4. The molecule has 1 aliphatic carbocycles. The van der Waals surface area contributed by atoms with Crippen LogP contribution in [0.15, 0.2) is 11.6 Å². The highest BCUT2D eigenvalue weighted by Gasteiger charge is 2.02. The Hall–Kier alpha value is -0.830. The molecule has 0 saturated heterocycles. The largest absolute Gasteiger partial charge is 0.481 e. The molecule has 3 nitrogen and oxygen atoms in total. The maximum Gasteiger partial charge on any atom is 0.303 e. The van der Waals surface area contributed by atoms with Crippen LogP contribution in [0.5, 0.6) is 0 Å². The van der Waals surface area contributed by atoms with Gasteiger partial charge in [-0.05, 0) is 51.6 Å². The van der Waals surface area contributed by atoms with Crippen molar-refractivity contribution in [1.82, 2.24) is 5.32 Å². The Bertz CT molecular complexity index is 224. The molecule has 0 amide bonds. The summed E-state index contributed by atoms with van der Waals surface area (Å²) < 4.78 is 0. The molecule has 0 aliphatic heterocycles. The van der Waals surface area contributed by atoms with Crippen LogP contribution in [-0.2, 0) is 4.79 Å². The topological polar surface area (TPSA) is 49.3 Å². The second-order valence-electron chi connectivity index (χ2n) is 4.11. The van der Waals surface area contributed by atoms with Crippen LogP contribution in [0, 0.1) is 0 Å². The fraction of sp³-hybridized carbons (Fsp3) is 0.750. The van der Waals surface area contributed by atoms with Gasteiger partial charge in [0.1, 0.15) is 0 Å². The minimum atomic E-state index is -0.702. The van der Waals surface area contributed by atoms with Crippen LogP contribution >= 0.6 is 0 Å². The molecule has 0 atom stereocenters. The Morgan fingerprint density at radius 3 is 2.93 bits per heavy atom. The molecular formula is C12H21NO2. The smallest absolute Gasteiger partial charge is 0.303 e. The van der Waals surface area contributed by atoms with Gasteiger partial charge in [0.15, 0.2) is 0 Å². The molecule has 1 rings (SSSR count). The van der Waals surface area contributed by atoms with Gasteiger partial charge in [-0.3, -0.25) is 4.79 Å². The van der Waals surface area contributed by atoms with Gasteiger partial charge < -0.3 is 10.4 Å². The molecule has 0 unspecified atom stereocenters. The first kappa shape index (κ1) is 12.2. The lowest BCUT2D eigenvalue weighted by atomic mass is 9.97. The molecule has 0 spiro atoms. The number of rotatable bonds is 7. The summed E-state index contributed by atoms with van der Waals surface area (Å²) in [5.74, 6) is -0.702. The predicted molar refractivity (Wildman–Crippen MR) is 60.9 cm³/mol. The summed E-state index contributed by atoms with van der Waals surface area (Å²) in [5.41, 5.74) is 1.58. The molecule has 0 heterocycles.